The van der Waals surface area contributed by atoms with Crippen LogP contribution in [0.25, 0.3) is 56.7 Å². The summed E-state index contributed by atoms with van der Waals surface area (Å²) in [7, 11) is 0. The highest BCUT2D eigenvalue weighted by Crippen LogP contribution is 2.40. The highest BCUT2D eigenvalue weighted by atomic mass is 15.0. The Bertz CT molecular complexity index is 2110. The molecule has 4 nitrogen and oxygen atoms in total. The van der Waals surface area contributed by atoms with Gasteiger partial charge in [0.15, 0.2) is 0 Å². The van der Waals surface area contributed by atoms with Crippen LogP contribution in [0.5, 0.6) is 0 Å². The molecule has 1 aliphatic heterocycles. The fraction of sp³-hybridized carbons (Fsp3) is 0.0714. The van der Waals surface area contributed by atoms with Gasteiger partial charge >= 0.3 is 0 Å². The average Bonchev–Trinajstić information content (AvgIpc) is 3.36. The first-order valence-corrected chi connectivity index (χ1v) is 15.4. The van der Waals surface area contributed by atoms with E-state index in [2.05, 4.69) is 141 Å². The first-order valence-electron chi connectivity index (χ1n) is 15.4. The second-order valence-corrected chi connectivity index (χ2v) is 11.3. The van der Waals surface area contributed by atoms with Gasteiger partial charge in [-0.3, -0.25) is 4.98 Å². The van der Waals surface area contributed by atoms with Gasteiger partial charge in [-0.2, -0.15) is 0 Å². The van der Waals surface area contributed by atoms with E-state index < -0.39 is 0 Å². The van der Waals surface area contributed by atoms with Gasteiger partial charge in [0.2, 0.25) is 0 Å². The third kappa shape index (κ3) is 5.46. The number of dihydropyridines is 1. The van der Waals surface area contributed by atoms with Crippen LogP contribution < -0.4 is 11.1 Å². The van der Waals surface area contributed by atoms with Crippen LogP contribution in [0.2, 0.25) is 0 Å². The van der Waals surface area contributed by atoms with Crippen LogP contribution in [0, 0.1) is 13.8 Å². The molecule has 3 heterocycles. The Morgan fingerprint density at radius 2 is 1.67 bits per heavy atom. The number of nitrogens with one attached hydrogen (secondary N) is 1. The Morgan fingerprint density at radius 3 is 2.37 bits per heavy atom. The summed E-state index contributed by atoms with van der Waals surface area (Å²) < 4.78 is 2.37. The zero-order valence-corrected chi connectivity index (χ0v) is 26.4. The quantitative estimate of drug-likeness (QED) is 0.166. The summed E-state index contributed by atoms with van der Waals surface area (Å²) in [6.07, 6.45) is 17.4. The number of fused-ring (bicyclic) bond motifs is 1. The monoisotopic (exact) mass is 598 g/mol. The molecular weight excluding hydrogens is 560 g/mol. The van der Waals surface area contributed by atoms with Crippen LogP contribution >= 0.6 is 0 Å². The number of allylic oxidation sites excluding steroid dienone is 6. The summed E-state index contributed by atoms with van der Waals surface area (Å²) in [5.74, 6) is 0. The van der Waals surface area contributed by atoms with E-state index in [1.165, 1.54) is 16.5 Å². The van der Waals surface area contributed by atoms with E-state index in [0.717, 1.165) is 73.8 Å². The lowest BCUT2D eigenvalue weighted by molar-refractivity contribution is 0.981. The molecule has 0 saturated carbocycles. The third-order valence-corrected chi connectivity index (χ3v) is 8.73. The molecular formula is C42H38N4. The fourth-order valence-electron chi connectivity index (χ4n) is 6.15. The van der Waals surface area contributed by atoms with Gasteiger partial charge in [-0.25, -0.2) is 0 Å². The Hall–Kier alpha value is -5.87. The van der Waals surface area contributed by atoms with Gasteiger partial charge in [0.05, 0.1) is 28.5 Å². The normalized spacial score (nSPS) is 13.3. The molecule has 0 aliphatic carbocycles. The van der Waals surface area contributed by atoms with Crippen molar-refractivity contribution in [3.8, 4) is 28.1 Å². The number of hydrogen-bond acceptors (Lipinski definition) is 3. The molecule has 4 heteroatoms. The van der Waals surface area contributed by atoms with Gasteiger partial charge in [0.1, 0.15) is 0 Å². The Labute approximate surface area is 271 Å². The van der Waals surface area contributed by atoms with E-state index in [1.807, 2.05) is 18.3 Å². The number of nitrogens with zero attached hydrogens (tertiary/aromatic N) is 2. The zero-order valence-electron chi connectivity index (χ0n) is 26.4. The Kier molecular flexibility index (Phi) is 8.53. The van der Waals surface area contributed by atoms with Gasteiger partial charge in [-0.1, -0.05) is 105 Å². The second-order valence-electron chi connectivity index (χ2n) is 11.3. The van der Waals surface area contributed by atoms with Crippen LogP contribution in [0.4, 0.5) is 0 Å². The molecule has 5 aromatic rings. The molecule has 6 rings (SSSR count). The van der Waals surface area contributed by atoms with Gasteiger partial charge in [-0.15, -0.1) is 0 Å². The lowest BCUT2D eigenvalue weighted by atomic mass is 9.95. The molecule has 3 aromatic carbocycles. The molecule has 1 aliphatic rings. The number of benzene rings is 3. The molecule has 46 heavy (non-hydrogen) atoms. The molecule has 0 spiro atoms. The van der Waals surface area contributed by atoms with Crippen LogP contribution in [-0.2, 0) is 0 Å². The zero-order chi connectivity index (χ0) is 32.2. The average molecular weight is 599 g/mol. The Balaban J connectivity index is 1.56. The van der Waals surface area contributed by atoms with Crippen molar-refractivity contribution in [1.29, 1.82) is 0 Å². The van der Waals surface area contributed by atoms with Crippen molar-refractivity contribution in [2.45, 2.75) is 13.8 Å². The number of hydrogen-bond donors (Lipinski definition) is 2. The highest BCUT2D eigenvalue weighted by molar-refractivity contribution is 5.93. The van der Waals surface area contributed by atoms with Crippen molar-refractivity contribution in [3.63, 3.8) is 0 Å². The molecule has 0 bridgehead atoms. The summed E-state index contributed by atoms with van der Waals surface area (Å²) in [5.41, 5.74) is 19.5. The molecule has 0 radical (unpaired) electrons. The maximum absolute atomic E-state index is 5.99. The van der Waals surface area contributed by atoms with E-state index in [4.69, 9.17) is 10.7 Å². The van der Waals surface area contributed by atoms with E-state index in [-0.39, 0.29) is 0 Å². The van der Waals surface area contributed by atoms with Gasteiger partial charge in [-0.05, 0) is 83.0 Å². The van der Waals surface area contributed by atoms with Crippen molar-refractivity contribution < 1.29 is 0 Å². The highest BCUT2D eigenvalue weighted by Gasteiger charge is 2.22. The van der Waals surface area contributed by atoms with E-state index in [1.54, 1.807) is 12.3 Å². The molecule has 0 fully saturated rings. The standard InChI is InChI=1S/C42H38N4/c1-6-30(32(8-3)26-43)25-41-28(4)29(5)42(46(41)40-18-13-15-33-14-9-10-16-36(33)40)37-21-19-34(24-31(37)7-2)35-20-22-39(45-27-35)38-17-11-12-23-44-38/h6-22,24-27,44H,1-3,23,43H2,4-5H3/b30-25+,32-26+. The predicted octanol–water partition coefficient (Wildman–Crippen LogP) is 9.72. The molecule has 226 valence electrons. The minimum Gasteiger partial charge on any atom is -0.404 e. The summed E-state index contributed by atoms with van der Waals surface area (Å²) in [6, 6.07) is 25.7. The molecule has 0 unspecified atom stereocenters. The number of rotatable bonds is 9. The smallest absolute Gasteiger partial charge is 0.0861 e. The maximum Gasteiger partial charge on any atom is 0.0861 e. The molecule has 0 amide bonds. The second kappa shape index (κ2) is 13.0. The molecule has 0 saturated heterocycles. The molecule has 0 atom stereocenters. The van der Waals surface area contributed by atoms with Crippen LogP contribution in [0.3, 0.4) is 0 Å². The minimum absolute atomic E-state index is 0.810. The largest absolute Gasteiger partial charge is 0.404 e. The van der Waals surface area contributed by atoms with E-state index in [9.17, 15) is 0 Å². The first kappa shape index (κ1) is 30.2. The lowest BCUT2D eigenvalue weighted by Crippen LogP contribution is -2.15. The van der Waals surface area contributed by atoms with Crippen molar-refractivity contribution >= 4 is 28.6 Å². The van der Waals surface area contributed by atoms with E-state index in [0.29, 0.717) is 0 Å². The number of pyridine rings is 1. The lowest BCUT2D eigenvalue weighted by Gasteiger charge is -2.18. The van der Waals surface area contributed by atoms with Gasteiger partial charge in [0.25, 0.3) is 0 Å². The van der Waals surface area contributed by atoms with Crippen molar-refractivity contribution in [2.24, 2.45) is 5.73 Å². The third-order valence-electron chi connectivity index (χ3n) is 8.73. The topological polar surface area (TPSA) is 55.9 Å². The Morgan fingerprint density at radius 1 is 0.891 bits per heavy atom. The summed E-state index contributed by atoms with van der Waals surface area (Å²) >= 11 is 0. The summed E-state index contributed by atoms with van der Waals surface area (Å²) in [5, 5.41) is 5.72. The molecule has 3 N–H and O–H groups in total. The van der Waals surface area contributed by atoms with Crippen LogP contribution in [0.15, 0.2) is 146 Å². The summed E-state index contributed by atoms with van der Waals surface area (Å²) in [4.78, 5) is 4.76. The first-order chi connectivity index (χ1) is 22.5. The van der Waals surface area contributed by atoms with Crippen LogP contribution in [0.1, 0.15) is 28.1 Å². The fourth-order valence-corrected chi connectivity index (χ4v) is 6.15. The van der Waals surface area contributed by atoms with Crippen molar-refractivity contribution in [3.05, 3.63) is 175 Å². The van der Waals surface area contributed by atoms with Crippen molar-refractivity contribution in [1.82, 2.24) is 14.9 Å². The van der Waals surface area contributed by atoms with Crippen molar-refractivity contribution in [2.75, 3.05) is 6.54 Å². The van der Waals surface area contributed by atoms with Crippen LogP contribution in [-0.4, -0.2) is 16.1 Å². The summed E-state index contributed by atoms with van der Waals surface area (Å²) in [6.45, 7) is 17.5. The van der Waals surface area contributed by atoms with Gasteiger partial charge < -0.3 is 15.6 Å². The maximum atomic E-state index is 5.99. The number of nitrogens with two attached hydrogens (primary N) is 1. The predicted molar refractivity (Wildman–Crippen MR) is 197 cm³/mol. The van der Waals surface area contributed by atoms with E-state index >= 15 is 0 Å². The van der Waals surface area contributed by atoms with Gasteiger partial charge in [0, 0.05) is 35.5 Å². The molecule has 2 aromatic heterocycles. The number of aromatic nitrogens is 2. The minimum atomic E-state index is 0.810. The SMILES string of the molecule is C=CC(=C\N)/C(C=C)=C/c1c(C)c(C)c(-c2ccc(-c3ccc(C4=CC=CCN4)nc3)cc2C=C)n1-c1cccc2ccccc12.